The van der Waals surface area contributed by atoms with E-state index in [0.717, 1.165) is 38.3 Å². The van der Waals surface area contributed by atoms with Crippen LogP contribution in [0.1, 0.15) is 12.8 Å². The summed E-state index contributed by atoms with van der Waals surface area (Å²) in [4.78, 5) is 0. The summed E-state index contributed by atoms with van der Waals surface area (Å²) in [5.41, 5.74) is 0. The van der Waals surface area contributed by atoms with Gasteiger partial charge in [-0.2, -0.15) is 12.6 Å². The van der Waals surface area contributed by atoms with Gasteiger partial charge in [0.2, 0.25) is 0 Å². The fourth-order valence-electron chi connectivity index (χ4n) is 1.12. The van der Waals surface area contributed by atoms with Gasteiger partial charge in [0.1, 0.15) is 0 Å². The molecule has 1 fully saturated rings. The molecular formula is C7H15NOS. The van der Waals surface area contributed by atoms with Crippen molar-refractivity contribution in [2.45, 2.75) is 18.9 Å². The Morgan fingerprint density at radius 2 is 2.50 bits per heavy atom. The van der Waals surface area contributed by atoms with Crippen molar-refractivity contribution in [3.05, 3.63) is 0 Å². The predicted molar refractivity (Wildman–Crippen MR) is 45.7 cm³/mol. The van der Waals surface area contributed by atoms with Crippen molar-refractivity contribution in [2.24, 2.45) is 0 Å². The molecule has 0 bridgehead atoms. The lowest BCUT2D eigenvalue weighted by Gasteiger charge is -2.23. The lowest BCUT2D eigenvalue weighted by Crippen LogP contribution is -2.38. The van der Waals surface area contributed by atoms with E-state index in [1.54, 1.807) is 0 Å². The largest absolute Gasteiger partial charge is 0.376 e. The Morgan fingerprint density at radius 3 is 3.10 bits per heavy atom. The van der Waals surface area contributed by atoms with Crippen LogP contribution in [0.15, 0.2) is 0 Å². The molecule has 1 heterocycles. The van der Waals surface area contributed by atoms with Crippen LogP contribution >= 0.6 is 12.6 Å². The fourth-order valence-corrected chi connectivity index (χ4v) is 1.31. The predicted octanol–water partition coefficient (Wildman–Crippen LogP) is 0.685. The van der Waals surface area contributed by atoms with Gasteiger partial charge in [-0.15, -0.1) is 0 Å². The second-order valence-corrected chi connectivity index (χ2v) is 3.01. The fraction of sp³-hybridized carbons (Fsp3) is 1.00. The maximum atomic E-state index is 5.48. The van der Waals surface area contributed by atoms with E-state index in [9.17, 15) is 0 Å². The van der Waals surface area contributed by atoms with Gasteiger partial charge in [-0.3, -0.25) is 0 Å². The average molecular weight is 161 g/mol. The molecule has 1 atom stereocenters. The molecule has 1 rings (SSSR count). The molecule has 0 saturated carbocycles. The van der Waals surface area contributed by atoms with Crippen LogP contribution in [0.4, 0.5) is 0 Å². The Morgan fingerprint density at radius 1 is 1.60 bits per heavy atom. The van der Waals surface area contributed by atoms with E-state index in [-0.39, 0.29) is 0 Å². The van der Waals surface area contributed by atoms with Gasteiger partial charge >= 0.3 is 0 Å². The van der Waals surface area contributed by atoms with E-state index in [1.165, 1.54) is 0 Å². The lowest BCUT2D eigenvalue weighted by molar-refractivity contribution is 0.0234. The number of hydrogen-bond acceptors (Lipinski definition) is 3. The highest BCUT2D eigenvalue weighted by molar-refractivity contribution is 7.80. The van der Waals surface area contributed by atoms with E-state index >= 15 is 0 Å². The molecule has 0 aromatic heterocycles. The molecule has 1 saturated heterocycles. The van der Waals surface area contributed by atoms with E-state index in [2.05, 4.69) is 17.9 Å². The van der Waals surface area contributed by atoms with Crippen LogP contribution in [0.3, 0.4) is 0 Å². The number of ether oxygens (including phenoxy) is 1. The molecule has 1 N–H and O–H groups in total. The molecule has 1 unspecified atom stereocenters. The molecular weight excluding hydrogens is 146 g/mol. The second kappa shape index (κ2) is 4.99. The lowest BCUT2D eigenvalue weighted by atomic mass is 10.2. The molecule has 0 aliphatic carbocycles. The van der Waals surface area contributed by atoms with Gasteiger partial charge in [0.05, 0.1) is 12.7 Å². The highest BCUT2D eigenvalue weighted by atomic mass is 32.1. The van der Waals surface area contributed by atoms with Crippen LogP contribution < -0.4 is 5.32 Å². The van der Waals surface area contributed by atoms with Crippen LogP contribution in [-0.4, -0.2) is 31.6 Å². The zero-order valence-electron chi connectivity index (χ0n) is 6.18. The first kappa shape index (κ1) is 8.37. The molecule has 0 amide bonds. The van der Waals surface area contributed by atoms with Crippen molar-refractivity contribution >= 4 is 12.6 Å². The zero-order valence-corrected chi connectivity index (χ0v) is 7.07. The Hall–Kier alpha value is 0.270. The summed E-state index contributed by atoms with van der Waals surface area (Å²) < 4.78 is 5.48. The third kappa shape index (κ3) is 2.90. The van der Waals surface area contributed by atoms with E-state index in [1.807, 2.05) is 0 Å². The highest BCUT2D eigenvalue weighted by Crippen LogP contribution is 2.04. The Bertz CT molecular complexity index is 83.7. The van der Waals surface area contributed by atoms with Crippen LogP contribution in [-0.2, 0) is 4.74 Å². The molecule has 0 aromatic rings. The summed E-state index contributed by atoms with van der Waals surface area (Å²) in [6, 6.07) is 0. The quantitative estimate of drug-likeness (QED) is 0.594. The minimum atomic E-state index is 0.445. The van der Waals surface area contributed by atoms with Gasteiger partial charge < -0.3 is 10.1 Å². The minimum absolute atomic E-state index is 0.445. The number of rotatable bonds is 3. The number of hydrogen-bond donors (Lipinski definition) is 2. The Labute approximate surface area is 67.7 Å². The van der Waals surface area contributed by atoms with Crippen molar-refractivity contribution in [1.82, 2.24) is 5.32 Å². The smallest absolute Gasteiger partial charge is 0.0700 e. The Kier molecular flexibility index (Phi) is 4.18. The summed E-state index contributed by atoms with van der Waals surface area (Å²) in [6.07, 6.45) is 2.76. The normalized spacial score (nSPS) is 26.7. The molecule has 1 aliphatic heterocycles. The van der Waals surface area contributed by atoms with Crippen molar-refractivity contribution < 1.29 is 4.74 Å². The minimum Gasteiger partial charge on any atom is -0.376 e. The zero-order chi connectivity index (χ0) is 7.23. The average Bonchev–Trinajstić information content (AvgIpc) is 2.03. The van der Waals surface area contributed by atoms with Gasteiger partial charge in [0.25, 0.3) is 0 Å². The molecule has 0 spiro atoms. The Balaban J connectivity index is 2.02. The van der Waals surface area contributed by atoms with Crippen LogP contribution in [0.25, 0.3) is 0 Å². The molecule has 0 aromatic carbocycles. The van der Waals surface area contributed by atoms with Crippen LogP contribution in [0.5, 0.6) is 0 Å². The van der Waals surface area contributed by atoms with Crippen molar-refractivity contribution in [3.63, 3.8) is 0 Å². The number of nitrogens with one attached hydrogen (secondary N) is 1. The first-order chi connectivity index (χ1) is 4.93. The molecule has 1 aliphatic rings. The molecule has 60 valence electrons. The summed E-state index contributed by atoms with van der Waals surface area (Å²) in [5.74, 6) is 0.972. The molecule has 3 heteroatoms. The molecule has 0 radical (unpaired) electrons. The van der Waals surface area contributed by atoms with Crippen LogP contribution in [0, 0.1) is 0 Å². The van der Waals surface area contributed by atoms with Gasteiger partial charge in [-0.25, -0.2) is 0 Å². The van der Waals surface area contributed by atoms with Gasteiger partial charge in [-0.05, 0) is 18.6 Å². The molecule has 2 nitrogen and oxygen atoms in total. The second-order valence-electron chi connectivity index (χ2n) is 2.56. The van der Waals surface area contributed by atoms with Gasteiger partial charge in [0, 0.05) is 13.1 Å². The first-order valence-corrected chi connectivity index (χ1v) is 4.50. The van der Waals surface area contributed by atoms with Crippen molar-refractivity contribution in [1.29, 1.82) is 0 Å². The third-order valence-corrected chi connectivity index (χ3v) is 2.00. The number of morpholine rings is 1. The van der Waals surface area contributed by atoms with Crippen molar-refractivity contribution in [3.8, 4) is 0 Å². The third-order valence-electron chi connectivity index (χ3n) is 1.69. The SMILES string of the molecule is SCCCC1CNCCO1. The van der Waals surface area contributed by atoms with E-state index in [4.69, 9.17) is 4.74 Å². The van der Waals surface area contributed by atoms with Gasteiger partial charge in [-0.1, -0.05) is 0 Å². The summed E-state index contributed by atoms with van der Waals surface area (Å²) in [5, 5.41) is 3.29. The summed E-state index contributed by atoms with van der Waals surface area (Å²) in [6.45, 7) is 2.91. The van der Waals surface area contributed by atoms with E-state index < -0.39 is 0 Å². The maximum Gasteiger partial charge on any atom is 0.0700 e. The van der Waals surface area contributed by atoms with E-state index in [0.29, 0.717) is 6.10 Å². The highest BCUT2D eigenvalue weighted by Gasteiger charge is 2.11. The summed E-state index contributed by atoms with van der Waals surface area (Å²) in [7, 11) is 0. The summed E-state index contributed by atoms with van der Waals surface area (Å²) >= 11 is 4.14. The van der Waals surface area contributed by atoms with Crippen molar-refractivity contribution in [2.75, 3.05) is 25.4 Å². The van der Waals surface area contributed by atoms with Gasteiger partial charge in [0.15, 0.2) is 0 Å². The number of thiol groups is 1. The molecule has 10 heavy (non-hydrogen) atoms. The monoisotopic (exact) mass is 161 g/mol. The standard InChI is InChI=1S/C7H15NOS/c10-5-1-2-7-6-8-3-4-9-7/h7-8,10H,1-6H2. The first-order valence-electron chi connectivity index (χ1n) is 3.86. The topological polar surface area (TPSA) is 21.3 Å². The maximum absolute atomic E-state index is 5.48. The van der Waals surface area contributed by atoms with Crippen LogP contribution in [0.2, 0.25) is 0 Å².